The number of amides is 2. The van der Waals surface area contributed by atoms with Crippen LogP contribution in [-0.2, 0) is 5.75 Å². The standard InChI is InChI=1S/C15H15ClN2OS/c1-17-15(19)18-13-6-2-11(3-7-13)10-20-14-8-4-12(16)5-9-14/h2-9H,10H2,1H3,(H2,17,18,19). The second-order valence-corrected chi connectivity index (χ2v) is 5.63. The van der Waals surface area contributed by atoms with Gasteiger partial charge < -0.3 is 10.6 Å². The molecular formula is C15H15ClN2OS. The highest BCUT2D eigenvalue weighted by Crippen LogP contribution is 2.24. The van der Waals surface area contributed by atoms with Gasteiger partial charge in [0.25, 0.3) is 0 Å². The molecule has 0 unspecified atom stereocenters. The van der Waals surface area contributed by atoms with Gasteiger partial charge in [0.2, 0.25) is 0 Å². The second-order valence-electron chi connectivity index (χ2n) is 4.14. The van der Waals surface area contributed by atoms with Crippen molar-refractivity contribution >= 4 is 35.1 Å². The zero-order valence-corrected chi connectivity index (χ0v) is 12.6. The van der Waals surface area contributed by atoms with E-state index in [1.54, 1.807) is 18.8 Å². The molecule has 5 heteroatoms. The molecule has 0 aliphatic carbocycles. The van der Waals surface area contributed by atoms with Crippen LogP contribution in [0.15, 0.2) is 53.4 Å². The maximum Gasteiger partial charge on any atom is 0.318 e. The Morgan fingerprint density at radius 1 is 1.10 bits per heavy atom. The molecule has 2 aromatic carbocycles. The summed E-state index contributed by atoms with van der Waals surface area (Å²) >= 11 is 7.60. The van der Waals surface area contributed by atoms with Crippen molar-refractivity contribution in [3.05, 3.63) is 59.1 Å². The quantitative estimate of drug-likeness (QED) is 0.823. The Balaban J connectivity index is 1.90. The van der Waals surface area contributed by atoms with Gasteiger partial charge in [0.15, 0.2) is 0 Å². The van der Waals surface area contributed by atoms with Crippen LogP contribution in [-0.4, -0.2) is 13.1 Å². The number of carbonyl (C=O) groups excluding carboxylic acids is 1. The van der Waals surface area contributed by atoms with Gasteiger partial charge in [-0.15, -0.1) is 11.8 Å². The van der Waals surface area contributed by atoms with Gasteiger partial charge in [0.1, 0.15) is 0 Å². The van der Waals surface area contributed by atoms with Crippen LogP contribution in [0, 0.1) is 0 Å². The lowest BCUT2D eigenvalue weighted by Gasteiger charge is -2.06. The van der Waals surface area contributed by atoms with Gasteiger partial charge in [0, 0.05) is 28.4 Å². The molecule has 0 spiro atoms. The van der Waals surface area contributed by atoms with Gasteiger partial charge in [-0.2, -0.15) is 0 Å². The topological polar surface area (TPSA) is 41.1 Å². The lowest BCUT2D eigenvalue weighted by Crippen LogP contribution is -2.24. The first-order chi connectivity index (χ1) is 9.67. The lowest BCUT2D eigenvalue weighted by molar-refractivity contribution is 0.254. The van der Waals surface area contributed by atoms with E-state index < -0.39 is 0 Å². The van der Waals surface area contributed by atoms with Gasteiger partial charge in [-0.25, -0.2) is 4.79 Å². The molecule has 0 atom stereocenters. The van der Waals surface area contributed by atoms with Crippen molar-refractivity contribution in [2.45, 2.75) is 10.6 Å². The fourth-order valence-electron chi connectivity index (χ4n) is 1.58. The van der Waals surface area contributed by atoms with Crippen molar-refractivity contribution in [3.8, 4) is 0 Å². The summed E-state index contributed by atoms with van der Waals surface area (Å²) in [4.78, 5) is 12.3. The van der Waals surface area contributed by atoms with Crippen LogP contribution in [0.5, 0.6) is 0 Å². The smallest absolute Gasteiger partial charge is 0.318 e. The number of rotatable bonds is 4. The monoisotopic (exact) mass is 306 g/mol. The van der Waals surface area contributed by atoms with Crippen LogP contribution in [0.25, 0.3) is 0 Å². The lowest BCUT2D eigenvalue weighted by atomic mass is 10.2. The van der Waals surface area contributed by atoms with Gasteiger partial charge in [-0.1, -0.05) is 23.7 Å². The van der Waals surface area contributed by atoms with Crippen LogP contribution < -0.4 is 10.6 Å². The van der Waals surface area contributed by atoms with E-state index in [0.717, 1.165) is 16.5 Å². The predicted octanol–water partition coefficient (Wildman–Crippen LogP) is 4.38. The summed E-state index contributed by atoms with van der Waals surface area (Å²) in [5.74, 6) is 0.877. The number of carbonyl (C=O) groups is 1. The molecule has 0 radical (unpaired) electrons. The first-order valence-electron chi connectivity index (χ1n) is 6.13. The fraction of sp³-hybridized carbons (Fsp3) is 0.133. The highest BCUT2D eigenvalue weighted by Gasteiger charge is 2.00. The summed E-state index contributed by atoms with van der Waals surface area (Å²) in [6.07, 6.45) is 0. The van der Waals surface area contributed by atoms with E-state index in [1.165, 1.54) is 10.5 Å². The van der Waals surface area contributed by atoms with Crippen LogP contribution in [0.4, 0.5) is 10.5 Å². The Hall–Kier alpha value is -1.65. The molecule has 0 aromatic heterocycles. The second kappa shape index (κ2) is 7.22. The molecule has 3 nitrogen and oxygen atoms in total. The summed E-state index contributed by atoms with van der Waals surface area (Å²) in [6.45, 7) is 0. The average molecular weight is 307 g/mol. The molecule has 2 amide bonds. The minimum absolute atomic E-state index is 0.215. The van der Waals surface area contributed by atoms with E-state index >= 15 is 0 Å². The van der Waals surface area contributed by atoms with E-state index in [0.29, 0.717) is 0 Å². The molecule has 0 saturated carbocycles. The molecule has 2 aromatic rings. The van der Waals surface area contributed by atoms with Crippen molar-refractivity contribution in [2.75, 3.05) is 12.4 Å². The van der Waals surface area contributed by atoms with Gasteiger partial charge in [-0.05, 0) is 42.0 Å². The largest absolute Gasteiger partial charge is 0.341 e. The molecule has 2 N–H and O–H groups in total. The number of hydrogen-bond acceptors (Lipinski definition) is 2. The van der Waals surface area contributed by atoms with Crippen molar-refractivity contribution < 1.29 is 4.79 Å². The van der Waals surface area contributed by atoms with Gasteiger partial charge in [-0.3, -0.25) is 0 Å². The molecule has 104 valence electrons. The van der Waals surface area contributed by atoms with E-state index in [-0.39, 0.29) is 6.03 Å². The zero-order valence-electron chi connectivity index (χ0n) is 11.0. The minimum atomic E-state index is -0.215. The molecule has 0 fully saturated rings. The summed E-state index contributed by atoms with van der Waals surface area (Å²) in [5.41, 5.74) is 1.98. The van der Waals surface area contributed by atoms with Crippen LogP contribution in [0.2, 0.25) is 5.02 Å². The Labute approximate surface area is 127 Å². The third-order valence-electron chi connectivity index (χ3n) is 2.66. The van der Waals surface area contributed by atoms with E-state index in [4.69, 9.17) is 11.6 Å². The van der Waals surface area contributed by atoms with Crippen LogP contribution in [0.1, 0.15) is 5.56 Å². The first-order valence-corrected chi connectivity index (χ1v) is 7.50. The summed E-state index contributed by atoms with van der Waals surface area (Å²) in [6, 6.07) is 15.4. The van der Waals surface area contributed by atoms with Crippen molar-refractivity contribution in [1.29, 1.82) is 0 Å². The molecule has 0 aliphatic heterocycles. The summed E-state index contributed by atoms with van der Waals surface area (Å²) in [7, 11) is 1.59. The van der Waals surface area contributed by atoms with Gasteiger partial charge in [0.05, 0.1) is 0 Å². The third-order valence-corrected chi connectivity index (χ3v) is 3.99. The van der Waals surface area contributed by atoms with Crippen molar-refractivity contribution in [1.82, 2.24) is 5.32 Å². The van der Waals surface area contributed by atoms with E-state index in [9.17, 15) is 4.79 Å². The number of urea groups is 1. The maximum atomic E-state index is 11.2. The zero-order chi connectivity index (χ0) is 14.4. The Morgan fingerprint density at radius 2 is 1.75 bits per heavy atom. The Morgan fingerprint density at radius 3 is 2.35 bits per heavy atom. The molecule has 20 heavy (non-hydrogen) atoms. The molecule has 0 saturated heterocycles. The third kappa shape index (κ3) is 4.47. The highest BCUT2D eigenvalue weighted by molar-refractivity contribution is 7.98. The van der Waals surface area contributed by atoms with Crippen molar-refractivity contribution in [3.63, 3.8) is 0 Å². The average Bonchev–Trinajstić information content (AvgIpc) is 2.48. The number of hydrogen-bond donors (Lipinski definition) is 2. The van der Waals surface area contributed by atoms with Gasteiger partial charge >= 0.3 is 6.03 Å². The number of thioether (sulfide) groups is 1. The molecular weight excluding hydrogens is 292 g/mol. The fourth-order valence-corrected chi connectivity index (χ4v) is 2.56. The number of benzene rings is 2. The number of anilines is 1. The number of nitrogens with one attached hydrogen (secondary N) is 2. The maximum absolute atomic E-state index is 11.2. The highest BCUT2D eigenvalue weighted by atomic mass is 35.5. The van der Waals surface area contributed by atoms with Crippen molar-refractivity contribution in [2.24, 2.45) is 0 Å². The normalized spacial score (nSPS) is 10.1. The molecule has 0 heterocycles. The minimum Gasteiger partial charge on any atom is -0.341 e. The predicted molar refractivity (Wildman–Crippen MR) is 85.5 cm³/mol. The molecule has 0 bridgehead atoms. The SMILES string of the molecule is CNC(=O)Nc1ccc(CSc2ccc(Cl)cc2)cc1. The van der Waals surface area contributed by atoms with Crippen LogP contribution >= 0.6 is 23.4 Å². The summed E-state index contributed by atoms with van der Waals surface area (Å²) in [5, 5.41) is 5.99. The van der Waals surface area contributed by atoms with Crippen LogP contribution in [0.3, 0.4) is 0 Å². The Bertz CT molecular complexity index is 569. The van der Waals surface area contributed by atoms with E-state index in [1.807, 2.05) is 48.5 Å². The first kappa shape index (κ1) is 14.8. The Kier molecular flexibility index (Phi) is 5.32. The number of halogens is 1. The van der Waals surface area contributed by atoms with E-state index in [2.05, 4.69) is 10.6 Å². The molecule has 0 aliphatic rings. The summed E-state index contributed by atoms with van der Waals surface area (Å²) < 4.78 is 0. The molecule has 2 rings (SSSR count).